The number of carbonyl (C=O) groups excluding carboxylic acids is 1. The highest BCUT2D eigenvalue weighted by Gasteiger charge is 2.08. The highest BCUT2D eigenvalue weighted by atomic mass is 16.3. The monoisotopic (exact) mass is 326 g/mol. The van der Waals surface area contributed by atoms with Crippen LogP contribution in [0.3, 0.4) is 0 Å². The number of rotatable bonds is 7. The van der Waals surface area contributed by atoms with Gasteiger partial charge in [0.05, 0.1) is 18.4 Å². The number of hydrogen-bond acceptors (Lipinski definition) is 5. The predicted molar refractivity (Wildman–Crippen MR) is 91.6 cm³/mol. The highest BCUT2D eigenvalue weighted by Crippen LogP contribution is 2.19. The zero-order valence-electron chi connectivity index (χ0n) is 13.6. The first kappa shape index (κ1) is 16.2. The quantitative estimate of drug-likeness (QED) is 0.763. The van der Waals surface area contributed by atoms with Gasteiger partial charge in [-0.1, -0.05) is 11.6 Å². The molecule has 0 aliphatic heterocycles. The van der Waals surface area contributed by atoms with E-state index in [9.17, 15) is 4.79 Å². The Bertz CT molecular complexity index is 678. The summed E-state index contributed by atoms with van der Waals surface area (Å²) in [6.07, 6.45) is 13.0. The van der Waals surface area contributed by atoms with E-state index in [1.807, 2.05) is 6.07 Å². The summed E-state index contributed by atoms with van der Waals surface area (Å²) in [5, 5.41) is 5.97. The summed E-state index contributed by atoms with van der Waals surface area (Å²) in [7, 11) is 0. The molecule has 3 rings (SSSR count). The van der Waals surface area contributed by atoms with Crippen molar-refractivity contribution in [2.75, 3.05) is 11.9 Å². The molecule has 6 heteroatoms. The van der Waals surface area contributed by atoms with Gasteiger partial charge in [0, 0.05) is 18.9 Å². The van der Waals surface area contributed by atoms with Crippen LogP contribution in [0.2, 0.25) is 0 Å². The third kappa shape index (κ3) is 4.68. The summed E-state index contributed by atoms with van der Waals surface area (Å²) in [6, 6.07) is 3.60. The third-order valence-corrected chi connectivity index (χ3v) is 4.03. The van der Waals surface area contributed by atoms with Crippen LogP contribution in [0, 0.1) is 0 Å². The number of allylic oxidation sites excluding steroid dienone is 1. The Hall–Kier alpha value is -2.63. The van der Waals surface area contributed by atoms with Crippen molar-refractivity contribution in [3.8, 4) is 0 Å². The fraction of sp³-hybridized carbons (Fsp3) is 0.389. The molecule has 0 bridgehead atoms. The number of anilines is 1. The fourth-order valence-corrected chi connectivity index (χ4v) is 2.69. The van der Waals surface area contributed by atoms with Gasteiger partial charge in [0.2, 0.25) is 5.95 Å². The van der Waals surface area contributed by atoms with E-state index in [0.717, 1.165) is 13.0 Å². The van der Waals surface area contributed by atoms with Crippen molar-refractivity contribution in [3.63, 3.8) is 0 Å². The van der Waals surface area contributed by atoms with Gasteiger partial charge in [-0.2, -0.15) is 0 Å². The Morgan fingerprint density at radius 1 is 1.25 bits per heavy atom. The van der Waals surface area contributed by atoms with Crippen LogP contribution in [0.25, 0.3) is 0 Å². The van der Waals surface area contributed by atoms with Crippen LogP contribution in [-0.4, -0.2) is 22.4 Å². The van der Waals surface area contributed by atoms with Crippen molar-refractivity contribution in [1.82, 2.24) is 15.3 Å². The zero-order chi connectivity index (χ0) is 16.6. The van der Waals surface area contributed by atoms with Crippen LogP contribution < -0.4 is 10.6 Å². The standard InChI is InChI=1S/C18H22N4O2/c23-17(20-13-16-7-4-10-24-16)15-11-21-18(22-12-15)19-9-8-14-5-2-1-3-6-14/h4-5,7,10-12H,1-3,6,8-9,13H2,(H,20,23)(H,19,21,22). The van der Waals surface area contributed by atoms with Crippen LogP contribution in [0.15, 0.2) is 46.9 Å². The average Bonchev–Trinajstić information content (AvgIpc) is 3.15. The number of nitrogens with zero attached hydrogens (tertiary/aromatic N) is 2. The van der Waals surface area contributed by atoms with Gasteiger partial charge in [-0.25, -0.2) is 9.97 Å². The predicted octanol–water partition coefficient (Wildman–Crippen LogP) is 3.30. The molecule has 0 spiro atoms. The second-order valence-electron chi connectivity index (χ2n) is 5.84. The molecule has 0 fully saturated rings. The number of amides is 1. The van der Waals surface area contributed by atoms with Crippen LogP contribution in [0.4, 0.5) is 5.95 Å². The minimum atomic E-state index is -0.217. The number of carbonyl (C=O) groups is 1. The van der Waals surface area contributed by atoms with Crippen LogP contribution in [0.5, 0.6) is 0 Å². The Balaban J connectivity index is 1.44. The second-order valence-corrected chi connectivity index (χ2v) is 5.84. The van der Waals surface area contributed by atoms with E-state index < -0.39 is 0 Å². The molecule has 1 amide bonds. The lowest BCUT2D eigenvalue weighted by molar-refractivity contribution is 0.0947. The number of nitrogens with one attached hydrogen (secondary N) is 2. The Morgan fingerprint density at radius 2 is 2.12 bits per heavy atom. The molecule has 0 radical (unpaired) electrons. The first-order valence-corrected chi connectivity index (χ1v) is 8.35. The summed E-state index contributed by atoms with van der Waals surface area (Å²) in [5.41, 5.74) is 1.95. The largest absolute Gasteiger partial charge is 0.467 e. The van der Waals surface area contributed by atoms with Crippen molar-refractivity contribution >= 4 is 11.9 Å². The Kier molecular flexibility index (Phi) is 5.61. The molecule has 24 heavy (non-hydrogen) atoms. The molecule has 0 unspecified atom stereocenters. The molecule has 2 N–H and O–H groups in total. The van der Waals surface area contributed by atoms with Crippen molar-refractivity contribution < 1.29 is 9.21 Å². The van der Waals surface area contributed by atoms with Gasteiger partial charge in [-0.05, 0) is 44.2 Å². The minimum absolute atomic E-state index is 0.217. The molecule has 0 aromatic carbocycles. The van der Waals surface area contributed by atoms with Gasteiger partial charge in [-0.15, -0.1) is 0 Å². The van der Waals surface area contributed by atoms with E-state index >= 15 is 0 Å². The van der Waals surface area contributed by atoms with E-state index in [-0.39, 0.29) is 5.91 Å². The minimum Gasteiger partial charge on any atom is -0.467 e. The highest BCUT2D eigenvalue weighted by molar-refractivity contribution is 5.93. The number of furan rings is 1. The number of aromatic nitrogens is 2. The van der Waals surface area contributed by atoms with Gasteiger partial charge in [0.1, 0.15) is 5.76 Å². The summed E-state index contributed by atoms with van der Waals surface area (Å²) in [4.78, 5) is 20.4. The topological polar surface area (TPSA) is 80.0 Å². The Labute approximate surface area is 141 Å². The molecule has 2 aromatic heterocycles. The molecular weight excluding hydrogens is 304 g/mol. The van der Waals surface area contributed by atoms with Crippen LogP contribution in [0.1, 0.15) is 48.2 Å². The maximum atomic E-state index is 12.0. The van der Waals surface area contributed by atoms with Crippen LogP contribution in [-0.2, 0) is 6.54 Å². The maximum Gasteiger partial charge on any atom is 0.254 e. The first-order chi connectivity index (χ1) is 11.8. The molecule has 0 atom stereocenters. The second kappa shape index (κ2) is 8.29. The van der Waals surface area contributed by atoms with Gasteiger partial charge < -0.3 is 15.1 Å². The lowest BCUT2D eigenvalue weighted by Gasteiger charge is -2.12. The SMILES string of the molecule is O=C(NCc1ccco1)c1cnc(NCCC2=CCCCC2)nc1. The van der Waals surface area contributed by atoms with Crippen molar-refractivity contribution in [2.24, 2.45) is 0 Å². The molecule has 6 nitrogen and oxygen atoms in total. The van der Waals surface area contributed by atoms with Crippen molar-refractivity contribution in [3.05, 3.63) is 53.8 Å². The summed E-state index contributed by atoms with van der Waals surface area (Å²) < 4.78 is 5.17. The van der Waals surface area contributed by atoms with E-state index in [2.05, 4.69) is 26.7 Å². The molecule has 0 saturated heterocycles. The zero-order valence-corrected chi connectivity index (χ0v) is 13.6. The van der Waals surface area contributed by atoms with E-state index in [1.54, 1.807) is 12.3 Å². The average molecular weight is 326 g/mol. The lowest BCUT2D eigenvalue weighted by atomic mass is 9.97. The third-order valence-electron chi connectivity index (χ3n) is 4.03. The van der Waals surface area contributed by atoms with Gasteiger partial charge in [0.15, 0.2) is 0 Å². The molecule has 1 aliphatic carbocycles. The fourth-order valence-electron chi connectivity index (χ4n) is 2.69. The van der Waals surface area contributed by atoms with Crippen molar-refractivity contribution in [1.29, 1.82) is 0 Å². The normalized spacial score (nSPS) is 14.1. The van der Waals surface area contributed by atoms with Gasteiger partial charge >= 0.3 is 0 Å². The molecular formula is C18H22N4O2. The molecule has 0 saturated carbocycles. The van der Waals surface area contributed by atoms with Crippen molar-refractivity contribution in [2.45, 2.75) is 38.6 Å². The van der Waals surface area contributed by atoms with Crippen LogP contribution >= 0.6 is 0 Å². The first-order valence-electron chi connectivity index (χ1n) is 8.35. The lowest BCUT2D eigenvalue weighted by Crippen LogP contribution is -2.23. The summed E-state index contributed by atoms with van der Waals surface area (Å²) in [5.74, 6) is 1.04. The molecule has 126 valence electrons. The van der Waals surface area contributed by atoms with Gasteiger partial charge in [0.25, 0.3) is 5.91 Å². The molecule has 2 aromatic rings. The number of hydrogen-bond donors (Lipinski definition) is 2. The molecule has 1 aliphatic rings. The van der Waals surface area contributed by atoms with E-state index in [0.29, 0.717) is 23.8 Å². The van der Waals surface area contributed by atoms with Gasteiger partial charge in [-0.3, -0.25) is 4.79 Å². The Morgan fingerprint density at radius 3 is 2.83 bits per heavy atom. The smallest absolute Gasteiger partial charge is 0.254 e. The molecule has 2 heterocycles. The van der Waals surface area contributed by atoms with E-state index in [1.165, 1.54) is 43.7 Å². The maximum absolute atomic E-state index is 12.0. The summed E-state index contributed by atoms with van der Waals surface area (Å²) >= 11 is 0. The summed E-state index contributed by atoms with van der Waals surface area (Å²) in [6.45, 7) is 1.16. The van der Waals surface area contributed by atoms with E-state index in [4.69, 9.17) is 4.42 Å².